The summed E-state index contributed by atoms with van der Waals surface area (Å²) in [7, 11) is 0. The molecule has 1 aliphatic carbocycles. The zero-order valence-electron chi connectivity index (χ0n) is 11.7. The van der Waals surface area contributed by atoms with Crippen molar-refractivity contribution in [2.45, 2.75) is 37.6 Å². The van der Waals surface area contributed by atoms with Crippen LogP contribution in [0.1, 0.15) is 38.8 Å². The third-order valence-electron chi connectivity index (χ3n) is 4.47. The van der Waals surface area contributed by atoms with E-state index in [0.29, 0.717) is 11.4 Å². The highest BCUT2D eigenvalue weighted by Gasteiger charge is 2.76. The summed E-state index contributed by atoms with van der Waals surface area (Å²) in [5.41, 5.74) is 0.314. The molecule has 2 rings (SSSR count). The van der Waals surface area contributed by atoms with Crippen molar-refractivity contribution in [3.05, 3.63) is 34.9 Å². The van der Waals surface area contributed by atoms with Crippen LogP contribution in [0.15, 0.2) is 24.3 Å². The van der Waals surface area contributed by atoms with Crippen LogP contribution in [0.4, 0.5) is 0 Å². The molecule has 1 aromatic rings. The van der Waals surface area contributed by atoms with Crippen LogP contribution in [-0.2, 0) is 4.79 Å². The predicted molar refractivity (Wildman–Crippen MR) is 84.3 cm³/mol. The monoisotopic (exact) mass is 333 g/mol. The fourth-order valence-electron chi connectivity index (χ4n) is 2.85. The summed E-state index contributed by atoms with van der Waals surface area (Å²) in [6.45, 7) is 5.78. The number of hydrogen-bond donors (Lipinski definition) is 1. The third kappa shape index (κ3) is 2.32. The number of rotatable bonds is 4. The lowest BCUT2D eigenvalue weighted by atomic mass is 9.98. The Bertz CT molecular complexity index is 514. The summed E-state index contributed by atoms with van der Waals surface area (Å²) >= 11 is 18.4. The standard InChI is InChI=1S/C15H18Cl3NO/c1-4-14(10(3)15(14,17)18)13(20)19-9(2)11-5-7-12(16)8-6-11/h5-10H,4H2,1-3H3,(H,19,20)/t9-,10?,14-/m1/s1. The first-order chi connectivity index (χ1) is 9.27. The molecule has 0 bridgehead atoms. The van der Waals surface area contributed by atoms with E-state index < -0.39 is 9.75 Å². The molecule has 1 amide bonds. The second-order valence-corrected chi connectivity index (χ2v) is 7.24. The number of halogens is 3. The van der Waals surface area contributed by atoms with Gasteiger partial charge in [-0.15, -0.1) is 23.2 Å². The van der Waals surface area contributed by atoms with E-state index in [4.69, 9.17) is 34.8 Å². The van der Waals surface area contributed by atoms with Gasteiger partial charge in [-0.3, -0.25) is 4.79 Å². The van der Waals surface area contributed by atoms with E-state index in [1.54, 1.807) is 0 Å². The minimum absolute atomic E-state index is 0.0410. The van der Waals surface area contributed by atoms with Gasteiger partial charge in [0.25, 0.3) is 0 Å². The Morgan fingerprint density at radius 3 is 2.25 bits per heavy atom. The maximum Gasteiger partial charge on any atom is 0.230 e. The van der Waals surface area contributed by atoms with Crippen molar-refractivity contribution >= 4 is 40.7 Å². The van der Waals surface area contributed by atoms with Gasteiger partial charge in [-0.05, 0) is 31.0 Å². The Kier molecular flexibility index (Phi) is 4.30. The van der Waals surface area contributed by atoms with Crippen LogP contribution in [0, 0.1) is 11.3 Å². The minimum atomic E-state index is -0.967. The molecule has 5 heteroatoms. The third-order valence-corrected chi connectivity index (χ3v) is 6.06. The Labute approximate surface area is 134 Å². The van der Waals surface area contributed by atoms with Crippen molar-refractivity contribution in [1.29, 1.82) is 0 Å². The summed E-state index contributed by atoms with van der Waals surface area (Å²) in [6.07, 6.45) is 0.625. The molecule has 0 aromatic heterocycles. The number of amides is 1. The lowest BCUT2D eigenvalue weighted by molar-refractivity contribution is -0.127. The highest BCUT2D eigenvalue weighted by Crippen LogP contribution is 2.70. The molecular formula is C15H18Cl3NO. The molecule has 0 spiro atoms. The molecule has 0 heterocycles. The van der Waals surface area contributed by atoms with E-state index in [1.807, 2.05) is 45.0 Å². The molecule has 0 saturated heterocycles. The molecule has 3 atom stereocenters. The summed E-state index contributed by atoms with van der Waals surface area (Å²) < 4.78 is -0.967. The zero-order valence-corrected chi connectivity index (χ0v) is 14.0. The molecule has 1 saturated carbocycles. The van der Waals surface area contributed by atoms with Crippen LogP contribution in [0.3, 0.4) is 0 Å². The molecule has 1 aliphatic rings. The van der Waals surface area contributed by atoms with Gasteiger partial charge >= 0.3 is 0 Å². The highest BCUT2D eigenvalue weighted by molar-refractivity contribution is 6.53. The largest absolute Gasteiger partial charge is 0.349 e. The summed E-state index contributed by atoms with van der Waals surface area (Å²) in [6, 6.07) is 7.30. The molecule has 2 nitrogen and oxygen atoms in total. The van der Waals surface area contributed by atoms with E-state index >= 15 is 0 Å². The number of alkyl halides is 2. The summed E-state index contributed by atoms with van der Waals surface area (Å²) in [4.78, 5) is 12.5. The van der Waals surface area contributed by atoms with Gasteiger partial charge in [0.05, 0.1) is 11.5 Å². The van der Waals surface area contributed by atoms with Gasteiger partial charge in [0, 0.05) is 10.9 Å². The minimum Gasteiger partial charge on any atom is -0.349 e. The molecule has 20 heavy (non-hydrogen) atoms. The van der Waals surface area contributed by atoms with E-state index in [1.165, 1.54) is 0 Å². The predicted octanol–water partition coefficient (Wildman–Crippen LogP) is 4.74. The summed E-state index contributed by atoms with van der Waals surface area (Å²) in [5.74, 6) is -0.124. The number of carbonyl (C=O) groups excluding carboxylic acids is 1. The van der Waals surface area contributed by atoms with Gasteiger partial charge in [-0.1, -0.05) is 37.6 Å². The van der Waals surface area contributed by atoms with Crippen LogP contribution < -0.4 is 5.32 Å². The first-order valence-electron chi connectivity index (χ1n) is 6.71. The van der Waals surface area contributed by atoms with Crippen LogP contribution in [0.2, 0.25) is 5.02 Å². The second kappa shape index (κ2) is 5.40. The van der Waals surface area contributed by atoms with Gasteiger partial charge in [-0.25, -0.2) is 0 Å². The lowest BCUT2D eigenvalue weighted by Gasteiger charge is -2.20. The number of benzene rings is 1. The molecule has 1 fully saturated rings. The van der Waals surface area contributed by atoms with Crippen molar-refractivity contribution in [3.8, 4) is 0 Å². The van der Waals surface area contributed by atoms with Crippen molar-refractivity contribution in [3.63, 3.8) is 0 Å². The topological polar surface area (TPSA) is 29.1 Å². The molecule has 1 unspecified atom stereocenters. The molecule has 1 aromatic carbocycles. The lowest BCUT2D eigenvalue weighted by Crippen LogP contribution is -2.36. The first kappa shape index (κ1) is 15.9. The normalized spacial score (nSPS) is 28.8. The average molecular weight is 335 g/mol. The summed E-state index contributed by atoms with van der Waals surface area (Å²) in [5, 5.41) is 3.68. The average Bonchev–Trinajstić information content (AvgIpc) is 2.84. The number of nitrogens with one attached hydrogen (secondary N) is 1. The highest BCUT2D eigenvalue weighted by atomic mass is 35.5. The molecule has 110 valence electrons. The fraction of sp³-hybridized carbons (Fsp3) is 0.533. The maximum atomic E-state index is 12.5. The fourth-order valence-corrected chi connectivity index (χ4v) is 4.01. The van der Waals surface area contributed by atoms with Crippen molar-refractivity contribution < 1.29 is 4.79 Å². The molecule has 0 aliphatic heterocycles. The van der Waals surface area contributed by atoms with E-state index in [2.05, 4.69) is 5.32 Å². The maximum absolute atomic E-state index is 12.5. The van der Waals surface area contributed by atoms with Crippen LogP contribution in [-0.4, -0.2) is 10.2 Å². The zero-order chi connectivity index (χ0) is 15.1. The van der Waals surface area contributed by atoms with Crippen molar-refractivity contribution in [2.75, 3.05) is 0 Å². The SMILES string of the molecule is CC[C@]1(C(=O)N[C@H](C)c2ccc(Cl)cc2)C(C)C1(Cl)Cl. The van der Waals surface area contributed by atoms with E-state index in [-0.39, 0.29) is 17.9 Å². The van der Waals surface area contributed by atoms with Gasteiger partial charge in [-0.2, -0.15) is 0 Å². The van der Waals surface area contributed by atoms with E-state index in [0.717, 1.165) is 5.56 Å². The smallest absolute Gasteiger partial charge is 0.230 e. The number of hydrogen-bond acceptors (Lipinski definition) is 1. The van der Waals surface area contributed by atoms with Gasteiger partial charge in [0.15, 0.2) is 0 Å². The van der Waals surface area contributed by atoms with E-state index in [9.17, 15) is 4.79 Å². The van der Waals surface area contributed by atoms with Gasteiger partial charge in [0.1, 0.15) is 4.33 Å². The molecular weight excluding hydrogens is 317 g/mol. The second-order valence-electron chi connectivity index (χ2n) is 5.42. The van der Waals surface area contributed by atoms with Crippen LogP contribution in [0.5, 0.6) is 0 Å². The first-order valence-corrected chi connectivity index (χ1v) is 7.85. The van der Waals surface area contributed by atoms with Crippen molar-refractivity contribution in [2.24, 2.45) is 11.3 Å². The van der Waals surface area contributed by atoms with Crippen molar-refractivity contribution in [1.82, 2.24) is 5.32 Å². The van der Waals surface area contributed by atoms with Crippen LogP contribution in [0.25, 0.3) is 0 Å². The number of carbonyl (C=O) groups is 1. The molecule has 1 N–H and O–H groups in total. The van der Waals surface area contributed by atoms with Gasteiger partial charge in [0.2, 0.25) is 5.91 Å². The Morgan fingerprint density at radius 1 is 1.35 bits per heavy atom. The van der Waals surface area contributed by atoms with Gasteiger partial charge < -0.3 is 5.32 Å². The Hall–Kier alpha value is -0.440. The Balaban J connectivity index is 2.11. The van der Waals surface area contributed by atoms with Crippen LogP contribution >= 0.6 is 34.8 Å². The Morgan fingerprint density at radius 2 is 1.85 bits per heavy atom. The molecule has 0 radical (unpaired) electrons. The quantitative estimate of drug-likeness (QED) is 0.792.